The van der Waals surface area contributed by atoms with Crippen LogP contribution in [0.5, 0.6) is 0 Å². The van der Waals surface area contributed by atoms with Crippen molar-refractivity contribution in [3.8, 4) is 0 Å². The Kier molecular flexibility index (Phi) is 1.28. The monoisotopic (exact) mass is 143 g/mol. The lowest BCUT2D eigenvalue weighted by Crippen LogP contribution is -2.35. The van der Waals surface area contributed by atoms with Gasteiger partial charge in [0.2, 0.25) is 0 Å². The van der Waals surface area contributed by atoms with Crippen LogP contribution in [-0.2, 0) is 0 Å². The van der Waals surface area contributed by atoms with E-state index in [4.69, 9.17) is 5.73 Å². The van der Waals surface area contributed by atoms with E-state index < -0.39 is 0 Å². The standard InChI is InChI=1S/C8H14FN/c9-5-7(6-1-2-6)8(10)3-4-8/h6-7H,1-5,10H2. The highest BCUT2D eigenvalue weighted by atomic mass is 19.1. The van der Waals surface area contributed by atoms with Crippen molar-refractivity contribution in [1.82, 2.24) is 0 Å². The van der Waals surface area contributed by atoms with Crippen LogP contribution < -0.4 is 5.73 Å². The van der Waals surface area contributed by atoms with E-state index in [0.717, 1.165) is 12.8 Å². The maximum absolute atomic E-state index is 12.4. The average molecular weight is 143 g/mol. The van der Waals surface area contributed by atoms with Gasteiger partial charge in [-0.15, -0.1) is 0 Å². The summed E-state index contributed by atoms with van der Waals surface area (Å²) in [6.45, 7) is -0.193. The van der Waals surface area contributed by atoms with Crippen molar-refractivity contribution < 1.29 is 4.39 Å². The highest BCUT2D eigenvalue weighted by molar-refractivity contribution is 5.07. The van der Waals surface area contributed by atoms with Crippen LogP contribution in [0, 0.1) is 11.8 Å². The van der Waals surface area contributed by atoms with Gasteiger partial charge in [0.15, 0.2) is 0 Å². The van der Waals surface area contributed by atoms with Gasteiger partial charge in [0, 0.05) is 11.5 Å². The van der Waals surface area contributed by atoms with E-state index >= 15 is 0 Å². The molecule has 1 nitrogen and oxygen atoms in total. The molecule has 1 unspecified atom stereocenters. The molecule has 0 aliphatic heterocycles. The zero-order chi connectivity index (χ0) is 7.19. The lowest BCUT2D eigenvalue weighted by atomic mass is 9.94. The van der Waals surface area contributed by atoms with Crippen molar-refractivity contribution in [2.75, 3.05) is 6.67 Å². The third kappa shape index (κ3) is 0.947. The van der Waals surface area contributed by atoms with Gasteiger partial charge in [-0.2, -0.15) is 0 Å². The topological polar surface area (TPSA) is 26.0 Å². The van der Waals surface area contributed by atoms with E-state index in [1.807, 2.05) is 0 Å². The second kappa shape index (κ2) is 1.94. The van der Waals surface area contributed by atoms with Crippen LogP contribution in [0.25, 0.3) is 0 Å². The molecule has 2 aliphatic rings. The maximum atomic E-state index is 12.4. The van der Waals surface area contributed by atoms with Gasteiger partial charge in [-0.1, -0.05) is 0 Å². The Labute approximate surface area is 60.8 Å². The molecule has 0 saturated heterocycles. The zero-order valence-electron chi connectivity index (χ0n) is 6.15. The molecule has 2 fully saturated rings. The molecule has 0 aromatic rings. The van der Waals surface area contributed by atoms with Gasteiger partial charge in [-0.05, 0) is 31.6 Å². The van der Waals surface area contributed by atoms with Crippen LogP contribution in [0.1, 0.15) is 25.7 Å². The summed E-state index contributed by atoms with van der Waals surface area (Å²) in [5, 5.41) is 0. The first kappa shape index (κ1) is 6.59. The van der Waals surface area contributed by atoms with E-state index in [1.54, 1.807) is 0 Å². The minimum Gasteiger partial charge on any atom is -0.325 e. The van der Waals surface area contributed by atoms with Gasteiger partial charge in [-0.3, -0.25) is 4.39 Å². The lowest BCUT2D eigenvalue weighted by Gasteiger charge is -2.18. The van der Waals surface area contributed by atoms with Crippen molar-refractivity contribution in [2.24, 2.45) is 17.6 Å². The van der Waals surface area contributed by atoms with Gasteiger partial charge in [-0.25, -0.2) is 0 Å². The second-order valence-corrected chi connectivity index (χ2v) is 3.83. The average Bonchev–Trinajstić information content (AvgIpc) is 2.70. The molecule has 0 radical (unpaired) electrons. The highest BCUT2D eigenvalue weighted by Gasteiger charge is 2.51. The molecule has 0 aromatic heterocycles. The number of hydrogen-bond donors (Lipinski definition) is 1. The summed E-state index contributed by atoms with van der Waals surface area (Å²) in [5.41, 5.74) is 5.83. The van der Waals surface area contributed by atoms with Gasteiger partial charge in [0.1, 0.15) is 0 Å². The Morgan fingerprint density at radius 1 is 1.50 bits per heavy atom. The third-order valence-electron chi connectivity index (χ3n) is 2.92. The predicted octanol–water partition coefficient (Wildman–Crippen LogP) is 1.47. The summed E-state index contributed by atoms with van der Waals surface area (Å²) in [5.74, 6) is 0.838. The minimum absolute atomic E-state index is 0.0735. The molecule has 0 bridgehead atoms. The van der Waals surface area contributed by atoms with E-state index in [1.165, 1.54) is 12.8 Å². The van der Waals surface area contributed by atoms with Gasteiger partial charge < -0.3 is 5.73 Å². The first-order chi connectivity index (χ1) is 4.76. The molecule has 2 heteroatoms. The molecule has 0 spiro atoms. The molecule has 0 amide bonds. The van der Waals surface area contributed by atoms with Gasteiger partial charge in [0.25, 0.3) is 0 Å². The van der Waals surface area contributed by atoms with E-state index in [2.05, 4.69) is 0 Å². The number of alkyl halides is 1. The fourth-order valence-electron chi connectivity index (χ4n) is 1.76. The van der Waals surface area contributed by atoms with Crippen molar-refractivity contribution in [3.63, 3.8) is 0 Å². The van der Waals surface area contributed by atoms with E-state index in [-0.39, 0.29) is 18.1 Å². The molecule has 0 heterocycles. The number of hydrogen-bond acceptors (Lipinski definition) is 1. The maximum Gasteiger partial charge on any atom is 0.0942 e. The van der Waals surface area contributed by atoms with Crippen LogP contribution >= 0.6 is 0 Å². The first-order valence-corrected chi connectivity index (χ1v) is 4.11. The van der Waals surface area contributed by atoms with Crippen LogP contribution in [0.15, 0.2) is 0 Å². The number of nitrogens with two attached hydrogens (primary N) is 1. The molecular formula is C8H14FN. The largest absolute Gasteiger partial charge is 0.325 e. The quantitative estimate of drug-likeness (QED) is 0.636. The Bertz CT molecular complexity index is 138. The molecule has 2 rings (SSSR count). The SMILES string of the molecule is NC1(C(CF)C2CC2)CC1. The highest BCUT2D eigenvalue weighted by Crippen LogP contribution is 2.50. The van der Waals surface area contributed by atoms with Crippen molar-refractivity contribution in [2.45, 2.75) is 31.2 Å². The summed E-state index contributed by atoms with van der Waals surface area (Å²) in [4.78, 5) is 0. The minimum atomic E-state index is -0.193. The summed E-state index contributed by atoms with van der Waals surface area (Å²) in [6, 6.07) is 0. The first-order valence-electron chi connectivity index (χ1n) is 4.11. The molecule has 2 N–H and O–H groups in total. The molecule has 0 aromatic carbocycles. The van der Waals surface area contributed by atoms with E-state index in [9.17, 15) is 4.39 Å². The Morgan fingerprint density at radius 3 is 2.40 bits per heavy atom. The van der Waals surface area contributed by atoms with Crippen LogP contribution in [0.4, 0.5) is 4.39 Å². The van der Waals surface area contributed by atoms with Crippen molar-refractivity contribution in [1.29, 1.82) is 0 Å². The molecule has 2 aliphatic carbocycles. The number of halogens is 1. The van der Waals surface area contributed by atoms with Crippen LogP contribution in [0.3, 0.4) is 0 Å². The summed E-state index contributed by atoms with van der Waals surface area (Å²) in [6.07, 6.45) is 4.54. The summed E-state index contributed by atoms with van der Waals surface area (Å²) in [7, 11) is 0. The second-order valence-electron chi connectivity index (χ2n) is 3.83. The van der Waals surface area contributed by atoms with Gasteiger partial charge >= 0.3 is 0 Å². The molecular weight excluding hydrogens is 129 g/mol. The lowest BCUT2D eigenvalue weighted by molar-refractivity contribution is 0.270. The van der Waals surface area contributed by atoms with Crippen molar-refractivity contribution in [3.05, 3.63) is 0 Å². The Balaban J connectivity index is 1.97. The predicted molar refractivity (Wildman–Crippen MR) is 38.3 cm³/mol. The Hall–Kier alpha value is -0.110. The molecule has 58 valence electrons. The smallest absolute Gasteiger partial charge is 0.0942 e. The van der Waals surface area contributed by atoms with Crippen LogP contribution in [0.2, 0.25) is 0 Å². The van der Waals surface area contributed by atoms with Crippen LogP contribution in [-0.4, -0.2) is 12.2 Å². The zero-order valence-corrected chi connectivity index (χ0v) is 6.15. The summed E-state index contributed by atoms with van der Waals surface area (Å²) >= 11 is 0. The Morgan fingerprint density at radius 2 is 2.10 bits per heavy atom. The molecule has 2 saturated carbocycles. The summed E-state index contributed by atoms with van der Waals surface area (Å²) < 4.78 is 12.4. The normalized spacial score (nSPS) is 31.8. The number of rotatable bonds is 3. The fourth-order valence-corrected chi connectivity index (χ4v) is 1.76. The third-order valence-corrected chi connectivity index (χ3v) is 2.92. The molecule has 10 heavy (non-hydrogen) atoms. The molecule has 1 atom stereocenters. The van der Waals surface area contributed by atoms with Gasteiger partial charge in [0.05, 0.1) is 6.67 Å². The van der Waals surface area contributed by atoms with Crippen molar-refractivity contribution >= 4 is 0 Å². The fraction of sp³-hybridized carbons (Fsp3) is 1.00. The van der Waals surface area contributed by atoms with E-state index in [0.29, 0.717) is 5.92 Å².